The lowest BCUT2D eigenvalue weighted by atomic mass is 10.1. The largest absolute Gasteiger partial charge is 0.504 e. The van der Waals surface area contributed by atoms with Gasteiger partial charge in [-0.2, -0.15) is 0 Å². The highest BCUT2D eigenvalue weighted by molar-refractivity contribution is 7.92. The number of fused-ring (bicyclic) bond motifs is 1. The van der Waals surface area contributed by atoms with Crippen LogP contribution in [-0.2, 0) is 10.0 Å². The lowest BCUT2D eigenvalue weighted by molar-refractivity contribution is -0.384. The van der Waals surface area contributed by atoms with Crippen LogP contribution >= 0.6 is 0 Å². The Balaban J connectivity index is 1.63. The van der Waals surface area contributed by atoms with E-state index in [2.05, 4.69) is 4.72 Å². The second-order valence-electron chi connectivity index (χ2n) is 7.06. The molecule has 0 aliphatic carbocycles. The number of benzene rings is 3. The molecule has 0 amide bonds. The van der Waals surface area contributed by atoms with E-state index in [1.54, 1.807) is 0 Å². The van der Waals surface area contributed by atoms with Crippen molar-refractivity contribution in [3.8, 4) is 28.6 Å². The van der Waals surface area contributed by atoms with E-state index in [-0.39, 0.29) is 38.7 Å². The Morgan fingerprint density at radius 3 is 2.26 bits per heavy atom. The van der Waals surface area contributed by atoms with Gasteiger partial charge in [-0.15, -0.1) is 0 Å². The van der Waals surface area contributed by atoms with E-state index < -0.39 is 31.9 Å². The smallest absolute Gasteiger partial charge is 0.269 e. The van der Waals surface area contributed by atoms with Crippen molar-refractivity contribution in [3.63, 3.8) is 0 Å². The first-order chi connectivity index (χ1) is 16.1. The maximum absolute atomic E-state index is 12.6. The zero-order chi connectivity index (χ0) is 24.6. The number of phenolic OH excluding ortho intramolecular Hbond substituents is 2. The van der Waals surface area contributed by atoms with Gasteiger partial charge in [-0.1, -0.05) is 0 Å². The standard InChI is InChI=1S/C22H16N2O9S/c1-32-22-17(26)11-19-20(21(22)27)16(25)10-18(33-19)12-2-4-13(5-3-12)23-34(30,31)15-8-6-14(7-9-15)24(28)29/h2-11,23,26-27H,1H3. The van der Waals surface area contributed by atoms with Crippen LogP contribution in [0.15, 0.2) is 74.8 Å². The van der Waals surface area contributed by atoms with Crippen molar-refractivity contribution in [2.75, 3.05) is 11.8 Å². The summed E-state index contributed by atoms with van der Waals surface area (Å²) in [6.45, 7) is 0. The Labute approximate surface area is 191 Å². The molecule has 1 heterocycles. The van der Waals surface area contributed by atoms with E-state index in [0.717, 1.165) is 36.4 Å². The fraction of sp³-hybridized carbons (Fsp3) is 0.0455. The molecule has 0 aliphatic heterocycles. The first-order valence-corrected chi connectivity index (χ1v) is 11.0. The molecule has 0 unspecified atom stereocenters. The third-order valence-electron chi connectivity index (χ3n) is 4.91. The monoisotopic (exact) mass is 484 g/mol. The van der Waals surface area contributed by atoms with Gasteiger partial charge in [-0.3, -0.25) is 19.6 Å². The van der Waals surface area contributed by atoms with Gasteiger partial charge in [0.15, 0.2) is 16.9 Å². The van der Waals surface area contributed by atoms with E-state index in [1.807, 2.05) is 0 Å². The number of nitro benzene ring substituents is 1. The Morgan fingerprint density at radius 1 is 1.03 bits per heavy atom. The zero-order valence-corrected chi connectivity index (χ0v) is 18.2. The van der Waals surface area contributed by atoms with Gasteiger partial charge in [0.25, 0.3) is 15.7 Å². The SMILES string of the molecule is COc1c(O)cc2oc(-c3ccc(NS(=O)(=O)c4ccc([N+](=O)[O-])cc4)cc3)cc(=O)c2c1O. The number of non-ortho nitro benzene ring substituents is 1. The highest BCUT2D eigenvalue weighted by atomic mass is 32.2. The fourth-order valence-corrected chi connectivity index (χ4v) is 4.34. The summed E-state index contributed by atoms with van der Waals surface area (Å²) in [4.78, 5) is 22.5. The molecule has 0 aliphatic rings. The molecule has 34 heavy (non-hydrogen) atoms. The maximum Gasteiger partial charge on any atom is 0.269 e. The number of methoxy groups -OCH3 is 1. The van der Waals surface area contributed by atoms with Gasteiger partial charge in [-0.05, 0) is 36.4 Å². The molecule has 0 saturated heterocycles. The van der Waals surface area contributed by atoms with Crippen LogP contribution in [-0.4, -0.2) is 30.7 Å². The van der Waals surface area contributed by atoms with Gasteiger partial charge in [-0.25, -0.2) is 8.42 Å². The first kappa shape index (κ1) is 22.6. The van der Waals surface area contributed by atoms with Crippen molar-refractivity contribution >= 4 is 32.4 Å². The summed E-state index contributed by atoms with van der Waals surface area (Å²) in [7, 11) is -2.77. The van der Waals surface area contributed by atoms with Crippen LogP contribution < -0.4 is 14.9 Å². The normalized spacial score (nSPS) is 11.3. The molecule has 0 bridgehead atoms. The summed E-state index contributed by atoms with van der Waals surface area (Å²) in [5.41, 5.74) is -0.256. The molecule has 11 nitrogen and oxygen atoms in total. The van der Waals surface area contributed by atoms with Gasteiger partial charge < -0.3 is 19.4 Å². The predicted octanol–water partition coefficient (Wildman–Crippen LogP) is 3.59. The van der Waals surface area contributed by atoms with E-state index in [0.29, 0.717) is 5.56 Å². The fourth-order valence-electron chi connectivity index (χ4n) is 3.28. The molecule has 0 fully saturated rings. The summed E-state index contributed by atoms with van der Waals surface area (Å²) in [6.07, 6.45) is 0. The Kier molecular flexibility index (Phi) is 5.59. The van der Waals surface area contributed by atoms with Crippen LogP contribution in [0.5, 0.6) is 17.2 Å². The van der Waals surface area contributed by atoms with Crippen LogP contribution in [0, 0.1) is 10.1 Å². The summed E-state index contributed by atoms with van der Waals surface area (Å²) in [5, 5.41) is 30.8. The average Bonchev–Trinajstić information content (AvgIpc) is 2.79. The Hall–Kier alpha value is -4.58. The predicted molar refractivity (Wildman–Crippen MR) is 122 cm³/mol. The number of anilines is 1. The quantitative estimate of drug-likeness (QED) is 0.273. The molecule has 1 aromatic heterocycles. The number of sulfonamides is 1. The molecule has 12 heteroatoms. The molecule has 3 aromatic carbocycles. The molecule has 4 rings (SSSR count). The molecule has 3 N–H and O–H groups in total. The zero-order valence-electron chi connectivity index (χ0n) is 17.4. The third-order valence-corrected chi connectivity index (χ3v) is 6.31. The minimum Gasteiger partial charge on any atom is -0.504 e. The number of nitrogens with one attached hydrogen (secondary N) is 1. The number of hydrogen-bond donors (Lipinski definition) is 3. The molecular formula is C22H16N2O9S. The minimum atomic E-state index is -4.00. The summed E-state index contributed by atoms with van der Waals surface area (Å²) in [6, 6.07) is 12.6. The van der Waals surface area contributed by atoms with Crippen molar-refractivity contribution in [1.82, 2.24) is 0 Å². The van der Waals surface area contributed by atoms with Crippen LogP contribution in [0.2, 0.25) is 0 Å². The van der Waals surface area contributed by atoms with Crippen LogP contribution in [0.25, 0.3) is 22.3 Å². The summed E-state index contributed by atoms with van der Waals surface area (Å²) in [5.74, 6) is -1.10. The lowest BCUT2D eigenvalue weighted by Gasteiger charge is -2.10. The van der Waals surface area contributed by atoms with Crippen molar-refractivity contribution < 1.29 is 32.7 Å². The van der Waals surface area contributed by atoms with Gasteiger partial charge in [0.2, 0.25) is 5.75 Å². The minimum absolute atomic E-state index is 0.0683. The third kappa shape index (κ3) is 4.09. The lowest BCUT2D eigenvalue weighted by Crippen LogP contribution is -2.12. The van der Waals surface area contributed by atoms with Gasteiger partial charge in [0.1, 0.15) is 16.7 Å². The average molecular weight is 484 g/mol. The van der Waals surface area contributed by atoms with Gasteiger partial charge >= 0.3 is 0 Å². The molecule has 174 valence electrons. The first-order valence-electron chi connectivity index (χ1n) is 9.55. The maximum atomic E-state index is 12.6. The van der Waals surface area contributed by atoms with Crippen molar-refractivity contribution in [2.24, 2.45) is 0 Å². The number of ether oxygens (including phenoxy) is 1. The number of nitrogens with zero attached hydrogens (tertiary/aromatic N) is 1. The molecule has 4 aromatic rings. The number of phenols is 2. The van der Waals surface area contributed by atoms with Crippen molar-refractivity contribution in [1.29, 1.82) is 0 Å². The van der Waals surface area contributed by atoms with Gasteiger partial charge in [0.05, 0.1) is 16.9 Å². The van der Waals surface area contributed by atoms with Gasteiger partial charge in [0, 0.05) is 35.5 Å². The van der Waals surface area contributed by atoms with Crippen LogP contribution in [0.3, 0.4) is 0 Å². The molecule has 0 atom stereocenters. The van der Waals surface area contributed by atoms with E-state index in [9.17, 15) is 33.5 Å². The topological polar surface area (TPSA) is 169 Å². The van der Waals surface area contributed by atoms with E-state index in [4.69, 9.17) is 9.15 Å². The number of hydrogen-bond acceptors (Lipinski definition) is 9. The highest BCUT2D eigenvalue weighted by Crippen LogP contribution is 2.41. The van der Waals surface area contributed by atoms with Crippen LogP contribution in [0.4, 0.5) is 11.4 Å². The van der Waals surface area contributed by atoms with E-state index in [1.165, 1.54) is 31.4 Å². The Morgan fingerprint density at radius 2 is 1.68 bits per heavy atom. The van der Waals surface area contributed by atoms with Crippen molar-refractivity contribution in [3.05, 3.63) is 81.0 Å². The number of rotatable bonds is 6. The summed E-state index contributed by atoms with van der Waals surface area (Å²) < 4.78 is 38.0. The second-order valence-corrected chi connectivity index (χ2v) is 8.74. The highest BCUT2D eigenvalue weighted by Gasteiger charge is 2.19. The summed E-state index contributed by atoms with van der Waals surface area (Å²) >= 11 is 0. The second kappa shape index (κ2) is 8.41. The molecular weight excluding hydrogens is 468 g/mol. The molecule has 0 radical (unpaired) electrons. The number of aromatic hydroxyl groups is 2. The molecule has 0 saturated carbocycles. The Bertz CT molecular complexity index is 1580. The van der Waals surface area contributed by atoms with E-state index >= 15 is 0 Å². The number of nitro groups is 1. The molecule has 0 spiro atoms. The van der Waals surface area contributed by atoms with Crippen molar-refractivity contribution in [2.45, 2.75) is 4.90 Å². The van der Waals surface area contributed by atoms with Crippen LogP contribution in [0.1, 0.15) is 0 Å².